The summed E-state index contributed by atoms with van der Waals surface area (Å²) >= 11 is 0. The summed E-state index contributed by atoms with van der Waals surface area (Å²) in [4.78, 5) is 0. The first-order valence-electron chi connectivity index (χ1n) is 7.39. The summed E-state index contributed by atoms with van der Waals surface area (Å²) in [7, 11) is -1.99. The first-order chi connectivity index (χ1) is 7.67. The molecule has 100 valence electrons. The zero-order valence-corrected chi connectivity index (χ0v) is 14.9. The van der Waals surface area contributed by atoms with Gasteiger partial charge < -0.3 is 0 Å². The van der Waals surface area contributed by atoms with E-state index in [2.05, 4.69) is 45.0 Å². The molecule has 0 nitrogen and oxygen atoms in total. The molecule has 0 aromatic rings. The first-order valence-corrected chi connectivity index (χ1v) is 14.7. The Labute approximate surface area is 111 Å². The fraction of sp³-hybridized carbons (Fsp3) is 0.867. The minimum absolute atomic E-state index is 0.946. The minimum atomic E-state index is -1.04. The van der Waals surface area contributed by atoms with E-state index >= 15 is 0 Å². The van der Waals surface area contributed by atoms with E-state index in [-0.39, 0.29) is 0 Å². The van der Waals surface area contributed by atoms with E-state index in [4.69, 9.17) is 0 Å². The molecule has 0 aliphatic heterocycles. The van der Waals surface area contributed by atoms with E-state index in [9.17, 15) is 0 Å². The topological polar surface area (TPSA) is 0 Å². The highest BCUT2D eigenvalue weighted by Gasteiger charge is 2.25. The van der Waals surface area contributed by atoms with Gasteiger partial charge in [-0.05, 0) is 24.8 Å². The van der Waals surface area contributed by atoms with Crippen molar-refractivity contribution in [2.24, 2.45) is 5.92 Å². The summed E-state index contributed by atoms with van der Waals surface area (Å²) in [5, 5.41) is 0. The van der Waals surface area contributed by atoms with E-state index in [1.54, 1.807) is 0 Å². The lowest BCUT2D eigenvalue weighted by atomic mass is 9.85. The van der Waals surface area contributed by atoms with Crippen LogP contribution in [0.4, 0.5) is 0 Å². The molecule has 1 aliphatic rings. The van der Waals surface area contributed by atoms with Crippen LogP contribution < -0.4 is 0 Å². The van der Waals surface area contributed by atoms with Crippen molar-refractivity contribution in [3.05, 3.63) is 11.3 Å². The van der Waals surface area contributed by atoms with Gasteiger partial charge in [0.25, 0.3) is 0 Å². The van der Waals surface area contributed by atoms with Crippen LogP contribution in [0.1, 0.15) is 32.1 Å². The highest BCUT2D eigenvalue weighted by atomic mass is 28.3. The Kier molecular flexibility index (Phi) is 5.27. The van der Waals surface area contributed by atoms with E-state index in [1.165, 1.54) is 38.1 Å². The number of rotatable bonds is 4. The fourth-order valence-corrected chi connectivity index (χ4v) is 6.22. The van der Waals surface area contributed by atoms with Crippen molar-refractivity contribution in [1.82, 2.24) is 0 Å². The van der Waals surface area contributed by atoms with Crippen LogP contribution in [0.15, 0.2) is 11.3 Å². The van der Waals surface area contributed by atoms with Gasteiger partial charge in [-0.15, -0.1) is 0 Å². The minimum Gasteiger partial charge on any atom is -0.0958 e. The largest absolute Gasteiger partial charge is 0.0958 e. The number of hydrogen-bond donors (Lipinski definition) is 0. The quantitative estimate of drug-likeness (QED) is 0.573. The highest BCUT2D eigenvalue weighted by molar-refractivity contribution is 6.81. The Hall–Kier alpha value is 0.174. The summed E-state index contributed by atoms with van der Waals surface area (Å²) in [6, 6.07) is 1.45. The molecule has 1 fully saturated rings. The molecule has 0 spiro atoms. The summed E-state index contributed by atoms with van der Waals surface area (Å²) in [6.45, 7) is 15.0. The average molecular weight is 269 g/mol. The molecule has 0 saturated heterocycles. The van der Waals surface area contributed by atoms with Crippen molar-refractivity contribution in [1.29, 1.82) is 0 Å². The van der Waals surface area contributed by atoms with Crippen LogP contribution in [0.5, 0.6) is 0 Å². The van der Waals surface area contributed by atoms with Gasteiger partial charge in [0.15, 0.2) is 0 Å². The summed E-state index contributed by atoms with van der Waals surface area (Å²) < 4.78 is 0. The number of allylic oxidation sites excluding steroid dienone is 1. The van der Waals surface area contributed by atoms with Crippen LogP contribution in [0.25, 0.3) is 0 Å². The second-order valence-electron chi connectivity index (χ2n) is 8.16. The lowest BCUT2D eigenvalue weighted by Crippen LogP contribution is -2.26. The van der Waals surface area contributed by atoms with E-state index in [1.807, 2.05) is 5.57 Å². The van der Waals surface area contributed by atoms with Gasteiger partial charge in [-0.2, -0.15) is 0 Å². The maximum absolute atomic E-state index is 2.74. The third-order valence-corrected chi connectivity index (χ3v) is 6.19. The molecule has 2 heteroatoms. The van der Waals surface area contributed by atoms with Gasteiger partial charge in [0.05, 0.1) is 8.07 Å². The van der Waals surface area contributed by atoms with Crippen molar-refractivity contribution in [2.75, 3.05) is 0 Å². The maximum atomic E-state index is 2.74. The molecule has 0 atom stereocenters. The summed E-state index contributed by atoms with van der Waals surface area (Å²) in [6.07, 6.45) is 7.37. The first kappa shape index (κ1) is 15.2. The summed E-state index contributed by atoms with van der Waals surface area (Å²) in [5.41, 5.74) is 4.60. The third kappa shape index (κ3) is 6.61. The van der Waals surface area contributed by atoms with Crippen LogP contribution in [0, 0.1) is 5.92 Å². The van der Waals surface area contributed by atoms with Crippen LogP contribution in [-0.4, -0.2) is 16.1 Å². The molecular formula is C15H32Si2. The monoisotopic (exact) mass is 268 g/mol. The Morgan fingerprint density at radius 1 is 0.941 bits per heavy atom. The van der Waals surface area contributed by atoms with Crippen LogP contribution in [0.3, 0.4) is 0 Å². The highest BCUT2D eigenvalue weighted by Crippen LogP contribution is 2.35. The molecule has 0 radical (unpaired) electrons. The zero-order valence-electron chi connectivity index (χ0n) is 12.9. The van der Waals surface area contributed by atoms with E-state index in [0.717, 1.165) is 5.92 Å². The van der Waals surface area contributed by atoms with Crippen LogP contribution in [-0.2, 0) is 0 Å². The Morgan fingerprint density at radius 2 is 1.47 bits per heavy atom. The van der Waals surface area contributed by atoms with Crippen LogP contribution >= 0.6 is 0 Å². The SMILES string of the molecule is C[Si](C)(C)/C=C(\C[Si](C)(C)C)C1CCCCC1. The van der Waals surface area contributed by atoms with Gasteiger partial charge in [0.1, 0.15) is 0 Å². The molecule has 1 aliphatic carbocycles. The molecule has 1 saturated carbocycles. The smallest absolute Gasteiger partial charge is 0.0686 e. The average Bonchev–Trinajstić information content (AvgIpc) is 2.14. The molecule has 0 amide bonds. The molecular weight excluding hydrogens is 236 g/mol. The van der Waals surface area contributed by atoms with Gasteiger partial charge in [-0.3, -0.25) is 0 Å². The lowest BCUT2D eigenvalue weighted by Gasteiger charge is -2.30. The van der Waals surface area contributed by atoms with Crippen molar-refractivity contribution in [3.8, 4) is 0 Å². The van der Waals surface area contributed by atoms with Gasteiger partial charge in [0, 0.05) is 8.07 Å². The second-order valence-corrected chi connectivity index (χ2v) is 18.7. The molecule has 0 aromatic heterocycles. The lowest BCUT2D eigenvalue weighted by molar-refractivity contribution is 0.402. The predicted octanol–water partition coefficient (Wildman–Crippen LogP) is 5.71. The predicted molar refractivity (Wildman–Crippen MR) is 86.2 cm³/mol. The molecule has 1 rings (SSSR count). The van der Waals surface area contributed by atoms with Crippen molar-refractivity contribution >= 4 is 16.1 Å². The van der Waals surface area contributed by atoms with Crippen molar-refractivity contribution in [3.63, 3.8) is 0 Å². The maximum Gasteiger partial charge on any atom is 0.0686 e. The molecule has 0 aromatic carbocycles. The van der Waals surface area contributed by atoms with E-state index < -0.39 is 16.1 Å². The molecule has 0 bridgehead atoms. The summed E-state index contributed by atoms with van der Waals surface area (Å²) in [5.74, 6) is 0.946. The van der Waals surface area contributed by atoms with Gasteiger partial charge in [0.2, 0.25) is 0 Å². The van der Waals surface area contributed by atoms with Gasteiger partial charge >= 0.3 is 0 Å². The zero-order chi connectivity index (χ0) is 13.1. The normalized spacial score (nSPS) is 20.7. The van der Waals surface area contributed by atoms with E-state index in [0.29, 0.717) is 0 Å². The van der Waals surface area contributed by atoms with Crippen molar-refractivity contribution in [2.45, 2.75) is 77.4 Å². The second kappa shape index (κ2) is 5.88. The molecule has 0 heterocycles. The molecule has 0 N–H and O–H groups in total. The van der Waals surface area contributed by atoms with Gasteiger partial charge in [-0.25, -0.2) is 0 Å². The standard InChI is InChI=1S/C15H32Si2/c1-16(2,3)12-15(13-17(4,5)6)14-10-8-7-9-11-14/h12,14H,7-11,13H2,1-6H3/b15-12+. The van der Waals surface area contributed by atoms with Crippen molar-refractivity contribution < 1.29 is 0 Å². The fourth-order valence-electron chi connectivity index (χ4n) is 2.96. The third-order valence-electron chi connectivity index (χ3n) is 3.48. The Bertz CT molecular complexity index is 260. The Balaban J connectivity index is 2.81. The van der Waals surface area contributed by atoms with Crippen LogP contribution in [0.2, 0.25) is 45.3 Å². The molecule has 0 unspecified atom stereocenters. The molecule has 17 heavy (non-hydrogen) atoms. The number of hydrogen-bond acceptors (Lipinski definition) is 0. The van der Waals surface area contributed by atoms with Gasteiger partial charge in [-0.1, -0.05) is 69.8 Å². The Morgan fingerprint density at radius 3 is 1.88 bits per heavy atom.